The Balaban J connectivity index is 4.70. The maximum atomic E-state index is 17.2. The van der Waals surface area contributed by atoms with E-state index in [-0.39, 0.29) is 12.6 Å². The molecule has 0 spiro atoms. The van der Waals surface area contributed by atoms with Crippen LogP contribution in [0.15, 0.2) is 0 Å². The van der Waals surface area contributed by atoms with E-state index in [1.807, 2.05) is 0 Å². The lowest BCUT2D eigenvalue weighted by molar-refractivity contribution is 0.193. The van der Waals surface area contributed by atoms with Gasteiger partial charge in [0.25, 0.3) is 0 Å². The minimum atomic E-state index is -0.670. The Morgan fingerprint density at radius 2 is 0.350 bits per heavy atom. The zero-order chi connectivity index (χ0) is 57.6. The van der Waals surface area contributed by atoms with Crippen molar-refractivity contribution in [3.05, 3.63) is 5.92 Å². The molecule has 0 aliphatic heterocycles. The molecule has 0 amide bonds. The monoisotopic (exact) mass is 1130 g/mol. The average Bonchev–Trinajstić information content (AvgIpc) is 3.47. The van der Waals surface area contributed by atoms with Gasteiger partial charge in [-0.05, 0) is 38.0 Å². The van der Waals surface area contributed by atoms with Crippen molar-refractivity contribution in [2.24, 2.45) is 5.92 Å². The van der Waals surface area contributed by atoms with E-state index in [1.54, 1.807) is 0 Å². The van der Waals surface area contributed by atoms with Crippen molar-refractivity contribution < 1.29 is 8.78 Å². The van der Waals surface area contributed by atoms with E-state index >= 15 is 4.39 Å². The molecule has 1 radical (unpaired) electrons. The largest absolute Gasteiger partial charge is 0.251 e. The Bertz CT molecular complexity index is 1040. The zero-order valence-corrected chi connectivity index (χ0v) is 56.3. The first kappa shape index (κ1) is 79.9. The Hall–Kier alpha value is -0.140. The number of rotatable bonds is 74. The predicted molar refractivity (Wildman–Crippen MR) is 362 cm³/mol. The van der Waals surface area contributed by atoms with Crippen LogP contribution in [0.1, 0.15) is 477 Å². The summed E-state index contributed by atoms with van der Waals surface area (Å²) < 4.78 is 29.6. The Labute approximate surface area is 507 Å². The molecule has 80 heavy (non-hydrogen) atoms. The lowest BCUT2D eigenvalue weighted by atomic mass is 9.80. The molecule has 0 aliphatic rings. The molecular formula is C78H155F2. The van der Waals surface area contributed by atoms with Crippen LogP contribution < -0.4 is 0 Å². The standard InChI is InChI=1S/C78H155F2/c1-4-7-10-13-16-19-21-23-25-27-29-31-33-35-37-39-41-44-48-52-57-62-67-72-76(71-66-61-56-18-15-12-9-6-3)78(80)77(74-69-64-59-54-50-46-43-47-51-55-60-65-70-75-79)73-68-63-58-53-49-45-42-40-38-36-34-32-30-28-26-24-22-20-17-14-11-8-5-2/h76,78H,4-75H2,1-3H3. The zero-order valence-electron chi connectivity index (χ0n) is 56.3. The van der Waals surface area contributed by atoms with Gasteiger partial charge in [0.1, 0.15) is 6.17 Å². The molecule has 0 aromatic heterocycles. The fraction of sp³-hybridized carbons (Fsp3) is 0.987. The van der Waals surface area contributed by atoms with Crippen molar-refractivity contribution in [1.29, 1.82) is 0 Å². The van der Waals surface area contributed by atoms with Gasteiger partial charge in [-0.3, -0.25) is 4.39 Å². The van der Waals surface area contributed by atoms with Crippen LogP contribution in [-0.2, 0) is 0 Å². The summed E-state index contributed by atoms with van der Waals surface area (Å²) >= 11 is 0. The summed E-state index contributed by atoms with van der Waals surface area (Å²) in [6, 6.07) is 0. The highest BCUT2D eigenvalue weighted by Crippen LogP contribution is 2.36. The van der Waals surface area contributed by atoms with Crippen LogP contribution in [0.5, 0.6) is 0 Å². The lowest BCUT2D eigenvalue weighted by Gasteiger charge is -2.28. The van der Waals surface area contributed by atoms with E-state index in [1.165, 1.54) is 423 Å². The summed E-state index contributed by atoms with van der Waals surface area (Å²) in [7, 11) is 0. The Kier molecular flexibility index (Phi) is 73.0. The second-order valence-corrected chi connectivity index (χ2v) is 27.2. The molecule has 0 saturated carbocycles. The molecule has 0 aliphatic carbocycles. The van der Waals surface area contributed by atoms with Crippen molar-refractivity contribution >= 4 is 0 Å². The molecule has 2 unspecified atom stereocenters. The van der Waals surface area contributed by atoms with Gasteiger partial charge >= 0.3 is 0 Å². The molecule has 0 aromatic rings. The molecule has 0 saturated heterocycles. The fourth-order valence-electron chi connectivity index (χ4n) is 13.4. The number of alkyl halides is 2. The van der Waals surface area contributed by atoms with Gasteiger partial charge in [0, 0.05) is 5.92 Å². The van der Waals surface area contributed by atoms with E-state index < -0.39 is 6.17 Å². The van der Waals surface area contributed by atoms with Gasteiger partial charge in [-0.1, -0.05) is 445 Å². The molecular weight excluding hydrogens is 975 g/mol. The van der Waals surface area contributed by atoms with Crippen LogP contribution >= 0.6 is 0 Å². The Morgan fingerprint density at radius 3 is 0.525 bits per heavy atom. The van der Waals surface area contributed by atoms with E-state index in [4.69, 9.17) is 0 Å². The maximum absolute atomic E-state index is 17.2. The molecule has 0 bridgehead atoms. The second kappa shape index (κ2) is 73.1. The van der Waals surface area contributed by atoms with Crippen LogP contribution in [0, 0.1) is 11.8 Å². The summed E-state index contributed by atoms with van der Waals surface area (Å²) in [4.78, 5) is 0. The van der Waals surface area contributed by atoms with Crippen LogP contribution in [0.3, 0.4) is 0 Å². The highest BCUT2D eigenvalue weighted by atomic mass is 19.1. The highest BCUT2D eigenvalue weighted by molar-refractivity contribution is 5.00. The van der Waals surface area contributed by atoms with Crippen molar-refractivity contribution in [2.45, 2.75) is 483 Å². The van der Waals surface area contributed by atoms with E-state index in [0.717, 1.165) is 38.5 Å². The molecule has 2 heteroatoms. The first-order valence-corrected chi connectivity index (χ1v) is 38.8. The maximum Gasteiger partial charge on any atom is 0.109 e. The predicted octanol–water partition coefficient (Wildman–Crippen LogP) is 30.2. The molecule has 0 N–H and O–H groups in total. The van der Waals surface area contributed by atoms with Gasteiger partial charge < -0.3 is 0 Å². The molecule has 0 rings (SSSR count). The van der Waals surface area contributed by atoms with Crippen molar-refractivity contribution in [2.75, 3.05) is 6.67 Å². The number of hydrogen-bond acceptors (Lipinski definition) is 0. The van der Waals surface area contributed by atoms with Gasteiger partial charge in [-0.2, -0.15) is 0 Å². The van der Waals surface area contributed by atoms with Crippen molar-refractivity contribution in [3.63, 3.8) is 0 Å². The van der Waals surface area contributed by atoms with E-state index in [0.29, 0.717) is 0 Å². The average molecular weight is 1130 g/mol. The summed E-state index contributed by atoms with van der Waals surface area (Å²) in [5, 5.41) is 0. The normalized spacial score (nSPS) is 12.7. The van der Waals surface area contributed by atoms with Crippen LogP contribution in [0.2, 0.25) is 0 Å². The van der Waals surface area contributed by atoms with Gasteiger partial charge in [0.15, 0.2) is 0 Å². The fourth-order valence-corrected chi connectivity index (χ4v) is 13.4. The third-order valence-corrected chi connectivity index (χ3v) is 19.1. The van der Waals surface area contributed by atoms with Crippen molar-refractivity contribution in [1.82, 2.24) is 0 Å². The smallest absolute Gasteiger partial charge is 0.109 e. The summed E-state index contributed by atoms with van der Waals surface area (Å²) in [5.41, 5.74) is 0. The molecule has 2 atom stereocenters. The topological polar surface area (TPSA) is 0 Å². The van der Waals surface area contributed by atoms with Crippen LogP contribution in [-0.4, -0.2) is 12.8 Å². The van der Waals surface area contributed by atoms with E-state index in [2.05, 4.69) is 20.8 Å². The quantitative estimate of drug-likeness (QED) is 0.0533. The van der Waals surface area contributed by atoms with E-state index in [9.17, 15) is 4.39 Å². The van der Waals surface area contributed by atoms with Crippen molar-refractivity contribution in [3.8, 4) is 0 Å². The second-order valence-electron chi connectivity index (χ2n) is 27.2. The Morgan fingerprint density at radius 1 is 0.200 bits per heavy atom. The molecule has 0 nitrogen and oxygen atoms in total. The summed E-state index contributed by atoms with van der Waals surface area (Å²) in [6.45, 7) is 6.80. The van der Waals surface area contributed by atoms with Gasteiger partial charge in [-0.25, -0.2) is 4.39 Å². The first-order valence-electron chi connectivity index (χ1n) is 38.8. The molecule has 481 valence electrons. The summed E-state index contributed by atoms with van der Waals surface area (Å²) in [5.74, 6) is 1.59. The first-order chi connectivity index (χ1) is 39.7. The number of halogens is 2. The third-order valence-electron chi connectivity index (χ3n) is 19.1. The number of hydrogen-bond donors (Lipinski definition) is 0. The third kappa shape index (κ3) is 65.4. The lowest BCUT2D eigenvalue weighted by Crippen LogP contribution is -2.24. The SMILES string of the molecule is CCCCCCCCCCCCCCCCCCCCCCCCC[C](CCCCCCCCCCCCCCCF)C(F)C(CCCCCCCCCC)CCCCCCCCCCCCCCCCCCCCCCCCC. The highest BCUT2D eigenvalue weighted by Gasteiger charge is 2.29. The summed E-state index contributed by atoms with van der Waals surface area (Å²) in [6.07, 6.45) is 96.4. The number of unbranched alkanes of at least 4 members (excludes halogenated alkanes) is 63. The molecule has 0 heterocycles. The van der Waals surface area contributed by atoms with Gasteiger partial charge in [-0.15, -0.1) is 0 Å². The van der Waals surface area contributed by atoms with Gasteiger partial charge in [0.2, 0.25) is 0 Å². The van der Waals surface area contributed by atoms with Crippen LogP contribution in [0.25, 0.3) is 0 Å². The van der Waals surface area contributed by atoms with Gasteiger partial charge in [0.05, 0.1) is 6.67 Å². The minimum Gasteiger partial charge on any atom is -0.251 e. The molecule has 0 fully saturated rings. The molecule has 0 aromatic carbocycles. The minimum absolute atomic E-state index is 0.146. The van der Waals surface area contributed by atoms with Crippen LogP contribution in [0.4, 0.5) is 8.78 Å².